The molecular formula is C15H15NO2. The van der Waals surface area contributed by atoms with Crippen LogP contribution >= 0.6 is 0 Å². The Morgan fingerprint density at radius 1 is 1.06 bits per heavy atom. The zero-order valence-corrected chi connectivity index (χ0v) is 10.4. The second-order valence-corrected chi connectivity index (χ2v) is 4.45. The van der Waals surface area contributed by atoms with Gasteiger partial charge in [0, 0.05) is 5.56 Å². The lowest BCUT2D eigenvalue weighted by atomic mass is 9.99. The summed E-state index contributed by atoms with van der Waals surface area (Å²) < 4.78 is 0. The number of phenolic OH excluding ortho intramolecular Hbond substituents is 1. The molecule has 0 unspecified atom stereocenters. The highest BCUT2D eigenvalue weighted by atomic mass is 16.3. The predicted octanol–water partition coefficient (Wildman–Crippen LogP) is 2.82. The third kappa shape index (κ3) is 2.20. The first-order chi connectivity index (χ1) is 8.49. The molecule has 0 saturated heterocycles. The summed E-state index contributed by atoms with van der Waals surface area (Å²) in [6.45, 7) is 3.79. The Morgan fingerprint density at radius 2 is 1.67 bits per heavy atom. The van der Waals surface area contributed by atoms with Gasteiger partial charge >= 0.3 is 0 Å². The average molecular weight is 241 g/mol. The van der Waals surface area contributed by atoms with Gasteiger partial charge < -0.3 is 10.8 Å². The van der Waals surface area contributed by atoms with E-state index in [1.807, 2.05) is 26.0 Å². The Kier molecular flexibility index (Phi) is 3.06. The van der Waals surface area contributed by atoms with E-state index in [1.54, 1.807) is 24.3 Å². The van der Waals surface area contributed by atoms with Crippen molar-refractivity contribution in [3.63, 3.8) is 0 Å². The number of benzene rings is 2. The van der Waals surface area contributed by atoms with E-state index in [2.05, 4.69) is 0 Å². The third-order valence-corrected chi connectivity index (χ3v) is 2.84. The van der Waals surface area contributed by atoms with E-state index < -0.39 is 0 Å². The highest BCUT2D eigenvalue weighted by molar-refractivity contribution is 6.11. The molecule has 0 fully saturated rings. The van der Waals surface area contributed by atoms with Crippen molar-refractivity contribution in [1.29, 1.82) is 0 Å². The van der Waals surface area contributed by atoms with Gasteiger partial charge in [0.1, 0.15) is 5.75 Å². The van der Waals surface area contributed by atoms with E-state index in [9.17, 15) is 9.90 Å². The zero-order valence-electron chi connectivity index (χ0n) is 10.4. The molecule has 0 bridgehead atoms. The number of rotatable bonds is 2. The second-order valence-electron chi connectivity index (χ2n) is 4.45. The monoisotopic (exact) mass is 241 g/mol. The van der Waals surface area contributed by atoms with E-state index in [0.717, 1.165) is 11.1 Å². The van der Waals surface area contributed by atoms with Crippen molar-refractivity contribution in [3.8, 4) is 5.75 Å². The van der Waals surface area contributed by atoms with Crippen molar-refractivity contribution in [3.05, 3.63) is 58.7 Å². The molecule has 0 aliphatic carbocycles. The van der Waals surface area contributed by atoms with Gasteiger partial charge in [-0.05, 0) is 31.5 Å². The summed E-state index contributed by atoms with van der Waals surface area (Å²) in [5.41, 5.74) is 8.61. The molecule has 0 radical (unpaired) electrons. The Balaban J connectivity index is 2.49. The van der Waals surface area contributed by atoms with Crippen LogP contribution in [0.1, 0.15) is 27.0 Å². The van der Waals surface area contributed by atoms with Crippen molar-refractivity contribution in [2.45, 2.75) is 13.8 Å². The Morgan fingerprint density at radius 3 is 2.28 bits per heavy atom. The fraction of sp³-hybridized carbons (Fsp3) is 0.133. The van der Waals surface area contributed by atoms with Crippen LogP contribution in [0, 0.1) is 13.8 Å². The van der Waals surface area contributed by atoms with Gasteiger partial charge in [-0.2, -0.15) is 0 Å². The van der Waals surface area contributed by atoms with E-state index in [1.165, 1.54) is 0 Å². The molecule has 3 heteroatoms. The fourth-order valence-electron chi connectivity index (χ4n) is 1.84. The lowest BCUT2D eigenvalue weighted by Crippen LogP contribution is -2.04. The standard InChI is InChI=1S/C15H15NO2/c1-9-3-5-11(6-4-9)14(17)12-7-10(2)8-13(16)15(12)18/h3-8,18H,16H2,1-2H3. The fourth-order valence-corrected chi connectivity index (χ4v) is 1.84. The van der Waals surface area contributed by atoms with Crippen molar-refractivity contribution in [2.24, 2.45) is 0 Å². The molecule has 2 aromatic carbocycles. The van der Waals surface area contributed by atoms with Crippen LogP contribution in [0.15, 0.2) is 36.4 Å². The SMILES string of the molecule is Cc1ccc(C(=O)c2cc(C)cc(N)c2O)cc1. The Labute approximate surface area is 106 Å². The van der Waals surface area contributed by atoms with Crippen molar-refractivity contribution >= 4 is 11.5 Å². The van der Waals surface area contributed by atoms with Crippen molar-refractivity contribution in [2.75, 3.05) is 5.73 Å². The molecule has 18 heavy (non-hydrogen) atoms. The molecule has 0 heterocycles. The summed E-state index contributed by atoms with van der Waals surface area (Å²) >= 11 is 0. The number of nitrogen functional groups attached to an aromatic ring is 1. The zero-order chi connectivity index (χ0) is 13.3. The van der Waals surface area contributed by atoms with E-state index >= 15 is 0 Å². The summed E-state index contributed by atoms with van der Waals surface area (Å²) in [6.07, 6.45) is 0. The number of hydrogen-bond acceptors (Lipinski definition) is 3. The largest absolute Gasteiger partial charge is 0.505 e. The predicted molar refractivity (Wildman–Crippen MR) is 71.9 cm³/mol. The maximum Gasteiger partial charge on any atom is 0.196 e. The van der Waals surface area contributed by atoms with E-state index in [-0.39, 0.29) is 22.8 Å². The summed E-state index contributed by atoms with van der Waals surface area (Å²) in [6, 6.07) is 10.5. The highest BCUT2D eigenvalue weighted by Gasteiger charge is 2.15. The number of hydrogen-bond donors (Lipinski definition) is 2. The molecule has 2 aromatic rings. The molecule has 0 aromatic heterocycles. The van der Waals surface area contributed by atoms with E-state index in [4.69, 9.17) is 5.73 Å². The van der Waals surface area contributed by atoms with Gasteiger partial charge in [0.15, 0.2) is 5.78 Å². The van der Waals surface area contributed by atoms with Gasteiger partial charge in [-0.3, -0.25) is 4.79 Å². The van der Waals surface area contributed by atoms with Crippen LogP contribution in [0.4, 0.5) is 5.69 Å². The van der Waals surface area contributed by atoms with Gasteiger partial charge in [0.2, 0.25) is 0 Å². The number of carbonyl (C=O) groups excluding carboxylic acids is 1. The molecule has 0 aliphatic rings. The molecule has 0 spiro atoms. The Hall–Kier alpha value is -2.29. The van der Waals surface area contributed by atoms with Crippen LogP contribution in [0.5, 0.6) is 5.75 Å². The topological polar surface area (TPSA) is 63.3 Å². The van der Waals surface area contributed by atoms with Crippen molar-refractivity contribution in [1.82, 2.24) is 0 Å². The molecule has 0 amide bonds. The van der Waals surface area contributed by atoms with Gasteiger partial charge in [0.05, 0.1) is 11.3 Å². The van der Waals surface area contributed by atoms with Crippen LogP contribution < -0.4 is 5.73 Å². The molecular weight excluding hydrogens is 226 g/mol. The number of carbonyl (C=O) groups is 1. The minimum atomic E-state index is -0.220. The van der Waals surface area contributed by atoms with E-state index in [0.29, 0.717) is 5.56 Å². The highest BCUT2D eigenvalue weighted by Crippen LogP contribution is 2.28. The molecule has 3 nitrogen and oxygen atoms in total. The number of aromatic hydroxyl groups is 1. The summed E-state index contributed by atoms with van der Waals surface area (Å²) in [5, 5.41) is 9.86. The first-order valence-corrected chi connectivity index (χ1v) is 5.69. The smallest absolute Gasteiger partial charge is 0.196 e. The minimum absolute atomic E-state index is 0.147. The lowest BCUT2D eigenvalue weighted by Gasteiger charge is -2.08. The molecule has 92 valence electrons. The van der Waals surface area contributed by atoms with Crippen LogP contribution in [-0.2, 0) is 0 Å². The number of ketones is 1. The number of anilines is 1. The van der Waals surface area contributed by atoms with Gasteiger partial charge in [0.25, 0.3) is 0 Å². The number of nitrogens with two attached hydrogens (primary N) is 1. The summed E-state index contributed by atoms with van der Waals surface area (Å²) in [7, 11) is 0. The van der Waals surface area contributed by atoms with Gasteiger partial charge in [-0.1, -0.05) is 29.8 Å². The molecule has 0 atom stereocenters. The van der Waals surface area contributed by atoms with Crippen LogP contribution in [0.3, 0.4) is 0 Å². The van der Waals surface area contributed by atoms with Gasteiger partial charge in [-0.15, -0.1) is 0 Å². The first-order valence-electron chi connectivity index (χ1n) is 5.69. The second kappa shape index (κ2) is 4.53. The molecule has 0 aliphatic heterocycles. The number of phenols is 1. The molecule has 0 saturated carbocycles. The molecule has 3 N–H and O–H groups in total. The molecule has 2 rings (SSSR count). The van der Waals surface area contributed by atoms with Crippen molar-refractivity contribution < 1.29 is 9.90 Å². The lowest BCUT2D eigenvalue weighted by molar-refractivity contribution is 0.103. The number of aryl methyl sites for hydroxylation is 2. The average Bonchev–Trinajstić information content (AvgIpc) is 2.34. The maximum absolute atomic E-state index is 12.3. The summed E-state index contributed by atoms with van der Waals surface area (Å²) in [4.78, 5) is 12.3. The third-order valence-electron chi connectivity index (χ3n) is 2.84. The van der Waals surface area contributed by atoms with Crippen LogP contribution in [0.25, 0.3) is 0 Å². The summed E-state index contributed by atoms with van der Waals surface area (Å²) in [5.74, 6) is -0.367. The normalized spacial score (nSPS) is 10.3. The Bertz CT molecular complexity index is 601. The van der Waals surface area contributed by atoms with Gasteiger partial charge in [-0.25, -0.2) is 0 Å². The minimum Gasteiger partial charge on any atom is -0.505 e. The van der Waals surface area contributed by atoms with Crippen LogP contribution in [0.2, 0.25) is 0 Å². The first kappa shape index (κ1) is 12.2. The quantitative estimate of drug-likeness (QED) is 0.483. The van der Waals surface area contributed by atoms with Crippen LogP contribution in [-0.4, -0.2) is 10.9 Å². The maximum atomic E-state index is 12.3.